The molecule has 3 aromatic rings. The Morgan fingerprint density at radius 1 is 1.14 bits per heavy atom. The average Bonchev–Trinajstić information content (AvgIpc) is 2.72. The summed E-state index contributed by atoms with van der Waals surface area (Å²) in [5.41, 5.74) is 3.34. The van der Waals surface area contributed by atoms with E-state index in [1.54, 1.807) is 13.3 Å². The molecule has 1 aromatic heterocycles. The number of nitrogens with zero attached hydrogens (tertiary/aromatic N) is 1. The SMILES string of the molecule is COc1ccc(CNC(=O)c2cnc(Nc3cccc(Cl)c3)cc2C(C)C)cc1. The fourth-order valence-electron chi connectivity index (χ4n) is 2.94. The van der Waals surface area contributed by atoms with E-state index in [1.807, 2.05) is 54.6 Å². The Morgan fingerprint density at radius 3 is 2.55 bits per heavy atom. The molecule has 1 amide bonds. The van der Waals surface area contributed by atoms with Crippen LogP contribution in [0.15, 0.2) is 60.8 Å². The summed E-state index contributed by atoms with van der Waals surface area (Å²) < 4.78 is 5.16. The van der Waals surface area contributed by atoms with Gasteiger partial charge in [-0.1, -0.05) is 43.6 Å². The molecule has 0 atom stereocenters. The Bertz CT molecular complexity index is 988. The van der Waals surface area contributed by atoms with Gasteiger partial charge in [0.2, 0.25) is 0 Å². The summed E-state index contributed by atoms with van der Waals surface area (Å²) in [5, 5.41) is 6.85. The van der Waals surface area contributed by atoms with Crippen LogP contribution in [0.25, 0.3) is 0 Å². The maximum Gasteiger partial charge on any atom is 0.253 e. The number of methoxy groups -OCH3 is 1. The largest absolute Gasteiger partial charge is 0.497 e. The second-order valence-electron chi connectivity index (χ2n) is 6.98. The van der Waals surface area contributed by atoms with Gasteiger partial charge in [-0.3, -0.25) is 4.79 Å². The van der Waals surface area contributed by atoms with Crippen LogP contribution >= 0.6 is 11.6 Å². The van der Waals surface area contributed by atoms with Crippen LogP contribution in [0.3, 0.4) is 0 Å². The van der Waals surface area contributed by atoms with Crippen LogP contribution in [0, 0.1) is 0 Å². The van der Waals surface area contributed by atoms with Gasteiger partial charge in [0.25, 0.3) is 5.91 Å². The van der Waals surface area contributed by atoms with Gasteiger partial charge in [0.15, 0.2) is 0 Å². The Morgan fingerprint density at radius 2 is 1.90 bits per heavy atom. The van der Waals surface area contributed by atoms with E-state index >= 15 is 0 Å². The topological polar surface area (TPSA) is 63.2 Å². The van der Waals surface area contributed by atoms with E-state index in [4.69, 9.17) is 16.3 Å². The van der Waals surface area contributed by atoms with Crippen LogP contribution in [0.5, 0.6) is 5.75 Å². The highest BCUT2D eigenvalue weighted by Crippen LogP contribution is 2.25. The molecule has 29 heavy (non-hydrogen) atoms. The maximum atomic E-state index is 12.8. The number of ether oxygens (including phenoxy) is 1. The standard InChI is InChI=1S/C23H24ClN3O2/c1-15(2)20-12-22(27-18-6-4-5-17(24)11-18)25-14-21(20)23(28)26-13-16-7-9-19(29-3)10-8-16/h4-12,14-15H,13H2,1-3H3,(H,25,27)(H,26,28). The minimum Gasteiger partial charge on any atom is -0.497 e. The number of carbonyl (C=O) groups is 1. The summed E-state index contributed by atoms with van der Waals surface area (Å²) in [4.78, 5) is 17.2. The van der Waals surface area contributed by atoms with Crippen molar-refractivity contribution in [2.24, 2.45) is 0 Å². The summed E-state index contributed by atoms with van der Waals surface area (Å²) in [7, 11) is 1.63. The zero-order valence-corrected chi connectivity index (χ0v) is 17.5. The first-order valence-corrected chi connectivity index (χ1v) is 9.77. The Kier molecular flexibility index (Phi) is 6.73. The molecule has 1 heterocycles. The predicted molar refractivity (Wildman–Crippen MR) is 117 cm³/mol. The number of amides is 1. The Labute approximate surface area is 176 Å². The Hall–Kier alpha value is -3.05. The van der Waals surface area contributed by atoms with Crippen LogP contribution in [-0.2, 0) is 6.54 Å². The van der Waals surface area contributed by atoms with Crippen LogP contribution in [0.1, 0.15) is 41.3 Å². The van der Waals surface area contributed by atoms with Gasteiger partial charge >= 0.3 is 0 Å². The normalized spacial score (nSPS) is 10.7. The molecule has 0 bridgehead atoms. The first kappa shape index (κ1) is 20.7. The number of aromatic nitrogens is 1. The highest BCUT2D eigenvalue weighted by atomic mass is 35.5. The fourth-order valence-corrected chi connectivity index (χ4v) is 3.13. The van der Waals surface area contributed by atoms with Gasteiger partial charge in [-0.2, -0.15) is 0 Å². The van der Waals surface area contributed by atoms with E-state index in [1.165, 1.54) is 0 Å². The third-order valence-corrected chi connectivity index (χ3v) is 4.75. The number of halogens is 1. The minimum absolute atomic E-state index is 0.147. The quantitative estimate of drug-likeness (QED) is 0.537. The van der Waals surface area contributed by atoms with Gasteiger partial charge in [-0.25, -0.2) is 4.98 Å². The zero-order valence-electron chi connectivity index (χ0n) is 16.7. The molecule has 0 unspecified atom stereocenters. The summed E-state index contributed by atoms with van der Waals surface area (Å²) in [5.74, 6) is 1.47. The lowest BCUT2D eigenvalue weighted by Gasteiger charge is -2.15. The van der Waals surface area contributed by atoms with E-state index in [0.717, 1.165) is 22.6 Å². The van der Waals surface area contributed by atoms with E-state index in [2.05, 4.69) is 29.5 Å². The number of hydrogen-bond acceptors (Lipinski definition) is 4. The van der Waals surface area contributed by atoms with E-state index in [9.17, 15) is 4.79 Å². The molecular formula is C23H24ClN3O2. The molecule has 6 heteroatoms. The molecule has 2 aromatic carbocycles. The smallest absolute Gasteiger partial charge is 0.253 e. The molecular weight excluding hydrogens is 386 g/mol. The Balaban J connectivity index is 1.74. The third kappa shape index (κ3) is 5.48. The fraction of sp³-hybridized carbons (Fsp3) is 0.217. The number of pyridine rings is 1. The van der Waals surface area contributed by atoms with Gasteiger partial charge < -0.3 is 15.4 Å². The van der Waals surface area contributed by atoms with Crippen molar-refractivity contribution in [3.05, 3.63) is 82.5 Å². The van der Waals surface area contributed by atoms with Crippen molar-refractivity contribution in [2.75, 3.05) is 12.4 Å². The molecule has 0 saturated carbocycles. The van der Waals surface area contributed by atoms with Crippen LogP contribution in [-0.4, -0.2) is 18.0 Å². The lowest BCUT2D eigenvalue weighted by atomic mass is 9.98. The van der Waals surface area contributed by atoms with E-state index in [-0.39, 0.29) is 11.8 Å². The molecule has 0 radical (unpaired) electrons. The monoisotopic (exact) mass is 409 g/mol. The third-order valence-electron chi connectivity index (χ3n) is 4.51. The van der Waals surface area contributed by atoms with Crippen molar-refractivity contribution < 1.29 is 9.53 Å². The molecule has 5 nitrogen and oxygen atoms in total. The van der Waals surface area contributed by atoms with Crippen molar-refractivity contribution >= 4 is 29.0 Å². The first-order chi connectivity index (χ1) is 14.0. The molecule has 0 aliphatic rings. The number of carbonyl (C=O) groups excluding carboxylic acids is 1. The van der Waals surface area contributed by atoms with E-state index in [0.29, 0.717) is 22.9 Å². The van der Waals surface area contributed by atoms with Crippen LogP contribution in [0.2, 0.25) is 5.02 Å². The molecule has 2 N–H and O–H groups in total. The highest BCUT2D eigenvalue weighted by molar-refractivity contribution is 6.30. The average molecular weight is 410 g/mol. The second kappa shape index (κ2) is 9.43. The lowest BCUT2D eigenvalue weighted by molar-refractivity contribution is 0.0949. The van der Waals surface area contributed by atoms with Crippen molar-refractivity contribution in [3.8, 4) is 5.75 Å². The van der Waals surface area contributed by atoms with Gasteiger partial charge in [-0.05, 0) is 53.4 Å². The van der Waals surface area contributed by atoms with Crippen molar-refractivity contribution in [1.82, 2.24) is 10.3 Å². The van der Waals surface area contributed by atoms with E-state index < -0.39 is 0 Å². The molecule has 0 saturated heterocycles. The molecule has 3 rings (SSSR count). The number of nitrogens with one attached hydrogen (secondary N) is 2. The predicted octanol–water partition coefficient (Wildman–Crippen LogP) is 5.54. The number of anilines is 2. The van der Waals surface area contributed by atoms with Crippen LogP contribution in [0.4, 0.5) is 11.5 Å². The van der Waals surface area contributed by atoms with Crippen LogP contribution < -0.4 is 15.4 Å². The second-order valence-corrected chi connectivity index (χ2v) is 7.41. The number of rotatable bonds is 7. The highest BCUT2D eigenvalue weighted by Gasteiger charge is 2.16. The van der Waals surface area contributed by atoms with Crippen molar-refractivity contribution in [2.45, 2.75) is 26.3 Å². The molecule has 0 spiro atoms. The molecule has 0 aliphatic carbocycles. The summed E-state index contributed by atoms with van der Waals surface area (Å²) in [6, 6.07) is 16.9. The van der Waals surface area contributed by atoms with Crippen molar-refractivity contribution in [1.29, 1.82) is 0 Å². The molecule has 0 aliphatic heterocycles. The molecule has 0 fully saturated rings. The summed E-state index contributed by atoms with van der Waals surface area (Å²) in [6.45, 7) is 4.54. The van der Waals surface area contributed by atoms with Gasteiger partial charge in [0.1, 0.15) is 11.6 Å². The van der Waals surface area contributed by atoms with Gasteiger partial charge in [0, 0.05) is 23.5 Å². The first-order valence-electron chi connectivity index (χ1n) is 9.40. The van der Waals surface area contributed by atoms with Gasteiger partial charge in [0.05, 0.1) is 12.7 Å². The number of benzene rings is 2. The lowest BCUT2D eigenvalue weighted by Crippen LogP contribution is -2.24. The van der Waals surface area contributed by atoms with Gasteiger partial charge in [-0.15, -0.1) is 0 Å². The maximum absolute atomic E-state index is 12.8. The number of hydrogen-bond donors (Lipinski definition) is 2. The van der Waals surface area contributed by atoms with Crippen molar-refractivity contribution in [3.63, 3.8) is 0 Å². The zero-order chi connectivity index (χ0) is 20.8. The summed E-state index contributed by atoms with van der Waals surface area (Å²) in [6.07, 6.45) is 1.62. The summed E-state index contributed by atoms with van der Waals surface area (Å²) >= 11 is 6.04. The minimum atomic E-state index is -0.147. The molecule has 150 valence electrons.